The number of nitrogens with one attached hydrogen (secondary N) is 1. The Bertz CT molecular complexity index is 866. The molecule has 7 nitrogen and oxygen atoms in total. The number of alkyl halides is 1. The number of carbonyl (C=O) groups excluding carboxylic acids is 3. The van der Waals surface area contributed by atoms with Gasteiger partial charge in [0.15, 0.2) is 0 Å². The van der Waals surface area contributed by atoms with Crippen LogP contribution in [0.2, 0.25) is 0 Å². The molecule has 0 aromatic heterocycles. The number of hydrogen-bond acceptors (Lipinski definition) is 5. The van der Waals surface area contributed by atoms with Crippen molar-refractivity contribution in [3.8, 4) is 0 Å². The third-order valence-electron chi connectivity index (χ3n) is 7.24. The van der Waals surface area contributed by atoms with Gasteiger partial charge < -0.3 is 10.4 Å². The van der Waals surface area contributed by atoms with E-state index < -0.39 is 5.41 Å². The van der Waals surface area contributed by atoms with Crippen LogP contribution < -0.4 is 5.32 Å². The number of anilines is 1. The van der Waals surface area contributed by atoms with Crippen molar-refractivity contribution in [3.63, 3.8) is 0 Å². The van der Waals surface area contributed by atoms with Crippen molar-refractivity contribution in [2.75, 3.05) is 17.2 Å². The smallest absolute Gasteiger partial charge is 0.373 e. The normalized spacial score (nSPS) is 34.4. The first-order valence-corrected chi connectivity index (χ1v) is 11.3. The van der Waals surface area contributed by atoms with Gasteiger partial charge in [-0.3, -0.25) is 4.79 Å². The van der Waals surface area contributed by atoms with E-state index in [1.165, 1.54) is 0 Å². The zero-order chi connectivity index (χ0) is 21.9. The lowest BCUT2D eigenvalue weighted by Crippen LogP contribution is -2.59. The molecule has 0 radical (unpaired) electrons. The monoisotopic (exact) mass is 475 g/mol. The van der Waals surface area contributed by atoms with Gasteiger partial charge in [-0.25, -0.2) is 0 Å². The Morgan fingerprint density at radius 2 is 2.07 bits per heavy atom. The van der Waals surface area contributed by atoms with Crippen LogP contribution in [0.15, 0.2) is 24.3 Å². The Hall–Kier alpha value is -2.20. The van der Waals surface area contributed by atoms with Crippen molar-refractivity contribution in [1.29, 1.82) is 0 Å². The number of amides is 1. The van der Waals surface area contributed by atoms with Crippen LogP contribution in [-0.4, -0.2) is 46.2 Å². The molecule has 1 amide bonds. The van der Waals surface area contributed by atoms with Gasteiger partial charge in [0.05, 0.1) is 12.6 Å². The van der Waals surface area contributed by atoms with Crippen molar-refractivity contribution < 1.29 is 19.5 Å². The number of fused-ring (bicyclic) bond motifs is 2. The molecule has 30 heavy (non-hydrogen) atoms. The summed E-state index contributed by atoms with van der Waals surface area (Å²) < 4.78 is 0. The lowest BCUT2D eigenvalue weighted by atomic mass is 9.61. The molecular weight excluding hydrogens is 450 g/mol. The fraction of sp³-hybridized carbons (Fsp3) is 0.591. The number of piperidine rings is 1. The fourth-order valence-corrected chi connectivity index (χ4v) is 6.38. The van der Waals surface area contributed by atoms with Gasteiger partial charge in [0, 0.05) is 11.0 Å². The van der Waals surface area contributed by atoms with E-state index in [0.29, 0.717) is 30.1 Å². The second kappa shape index (κ2) is 9.30. The van der Waals surface area contributed by atoms with E-state index in [4.69, 9.17) is 16.2 Å². The first-order valence-electron chi connectivity index (χ1n) is 10.2. The van der Waals surface area contributed by atoms with Gasteiger partial charge >= 0.3 is 6.15 Å². The van der Waals surface area contributed by atoms with Crippen LogP contribution in [0.3, 0.4) is 0 Å². The van der Waals surface area contributed by atoms with E-state index in [1.807, 2.05) is 29.3 Å². The van der Waals surface area contributed by atoms with Crippen LogP contribution in [0, 0.1) is 24.3 Å². The van der Waals surface area contributed by atoms with E-state index in [2.05, 4.69) is 33.1 Å². The van der Waals surface area contributed by atoms with Crippen LogP contribution in [0.25, 0.3) is 4.95 Å². The summed E-state index contributed by atoms with van der Waals surface area (Å²) in [5.41, 5.74) is 1.15. The topological polar surface area (TPSA) is 91.1 Å². The Morgan fingerprint density at radius 3 is 2.73 bits per heavy atom. The lowest BCUT2D eigenvalue weighted by molar-refractivity contribution is -0.191. The fourth-order valence-electron chi connectivity index (χ4n) is 5.76. The second-order valence-electron chi connectivity index (χ2n) is 8.39. The summed E-state index contributed by atoms with van der Waals surface area (Å²) in [6.45, 7) is 10.6. The molecule has 0 bridgehead atoms. The number of hydrogen-bond donors (Lipinski definition) is 2. The Balaban J connectivity index is 0.000000806. The van der Waals surface area contributed by atoms with Crippen LogP contribution in [0.1, 0.15) is 38.2 Å². The van der Waals surface area contributed by atoms with E-state index in [-0.39, 0.29) is 30.1 Å². The third-order valence-corrected chi connectivity index (χ3v) is 7.64. The molecule has 0 unspecified atom stereocenters. The molecule has 1 aliphatic carbocycles. The quantitative estimate of drug-likeness (QED) is 0.517. The number of para-hydroxylation sites is 1. The number of benzene rings is 1. The average molecular weight is 476 g/mol. The van der Waals surface area contributed by atoms with Gasteiger partial charge in [0.1, 0.15) is 11.5 Å². The summed E-state index contributed by atoms with van der Waals surface area (Å²) in [4.78, 5) is 33.4. The van der Waals surface area contributed by atoms with Gasteiger partial charge in [-0.2, -0.15) is 21.1 Å². The van der Waals surface area contributed by atoms with Crippen molar-refractivity contribution in [3.05, 3.63) is 41.4 Å². The maximum absolute atomic E-state index is 13.3. The highest BCUT2D eigenvalue weighted by Gasteiger charge is 2.59. The molecule has 2 N–H and O–H groups in total. The molecule has 1 saturated heterocycles. The predicted molar refractivity (Wildman–Crippen MR) is 113 cm³/mol. The third kappa shape index (κ3) is 3.66. The highest BCUT2D eigenvalue weighted by Crippen LogP contribution is 2.51. The van der Waals surface area contributed by atoms with Crippen LogP contribution in [-0.2, 0) is 19.8 Å². The van der Waals surface area contributed by atoms with E-state index in [0.717, 1.165) is 30.5 Å². The molecule has 1 saturated carbocycles. The SMILES string of the molecule is O=C=O.[C-]#[N+]N1C[C@@H]2CC[C@H](O)[C@H](C)[C@H]2C[C@H]1[C@@]1(CCBr)C(=O)Nc2ccccc21. The van der Waals surface area contributed by atoms with Gasteiger partial charge in [-0.1, -0.05) is 41.1 Å². The largest absolute Gasteiger partial charge is 0.393 e. The van der Waals surface area contributed by atoms with Crippen molar-refractivity contribution in [2.45, 2.75) is 50.2 Å². The molecule has 1 aromatic carbocycles. The highest BCUT2D eigenvalue weighted by atomic mass is 79.9. The zero-order valence-corrected chi connectivity index (χ0v) is 18.5. The number of carbonyl (C=O) groups is 1. The molecule has 6 atom stereocenters. The van der Waals surface area contributed by atoms with Gasteiger partial charge in [-0.05, 0) is 55.1 Å². The summed E-state index contributed by atoms with van der Waals surface area (Å²) in [6.07, 6.45) is 3.18. The van der Waals surface area contributed by atoms with Gasteiger partial charge in [-0.15, -0.1) is 5.01 Å². The van der Waals surface area contributed by atoms with E-state index >= 15 is 0 Å². The molecule has 2 heterocycles. The minimum absolute atomic E-state index is 0.00395. The number of nitrogens with zero attached hydrogens (tertiary/aromatic N) is 2. The van der Waals surface area contributed by atoms with E-state index in [1.54, 1.807) is 0 Å². The van der Waals surface area contributed by atoms with Crippen molar-refractivity contribution in [1.82, 2.24) is 5.01 Å². The molecule has 0 spiro atoms. The Morgan fingerprint density at radius 1 is 1.37 bits per heavy atom. The number of halogens is 1. The molecule has 3 aliphatic rings. The summed E-state index contributed by atoms with van der Waals surface area (Å²) in [5.74, 6) is 0.989. The maximum Gasteiger partial charge on any atom is 0.373 e. The Labute approximate surface area is 184 Å². The van der Waals surface area contributed by atoms with Crippen LogP contribution in [0.5, 0.6) is 0 Å². The van der Waals surface area contributed by atoms with Crippen LogP contribution in [0.4, 0.5) is 5.69 Å². The van der Waals surface area contributed by atoms with Gasteiger partial charge in [0.25, 0.3) is 0 Å². The van der Waals surface area contributed by atoms with Crippen molar-refractivity contribution in [2.24, 2.45) is 17.8 Å². The molecule has 1 aromatic rings. The summed E-state index contributed by atoms with van der Waals surface area (Å²) in [5, 5.41) is 16.0. The molecule has 2 fully saturated rings. The minimum atomic E-state index is -0.724. The molecule has 4 rings (SSSR count). The van der Waals surface area contributed by atoms with E-state index in [9.17, 15) is 9.90 Å². The molecule has 2 aliphatic heterocycles. The maximum atomic E-state index is 13.3. The van der Waals surface area contributed by atoms with Crippen molar-refractivity contribution >= 4 is 33.7 Å². The number of aliphatic hydroxyl groups is 1. The first-order chi connectivity index (χ1) is 14.4. The summed E-state index contributed by atoms with van der Waals surface area (Å²) in [6, 6.07) is 7.72. The number of aliphatic hydroxyl groups excluding tert-OH is 1. The summed E-state index contributed by atoms with van der Waals surface area (Å²) in [7, 11) is 0. The second-order valence-corrected chi connectivity index (χ2v) is 9.19. The predicted octanol–water partition coefficient (Wildman–Crippen LogP) is 3.01. The molecular formula is C22H26BrN3O4. The lowest BCUT2D eigenvalue weighted by Gasteiger charge is -2.49. The highest BCUT2D eigenvalue weighted by molar-refractivity contribution is 9.09. The molecule has 160 valence electrons. The molecule has 8 heteroatoms. The average Bonchev–Trinajstić information content (AvgIpc) is 3.03. The zero-order valence-electron chi connectivity index (χ0n) is 16.9. The van der Waals surface area contributed by atoms with Gasteiger partial charge in [0.2, 0.25) is 5.91 Å². The Kier molecular flexibility index (Phi) is 6.97. The number of rotatable bonds is 3. The summed E-state index contributed by atoms with van der Waals surface area (Å²) >= 11 is 3.56. The van der Waals surface area contributed by atoms with Crippen LogP contribution >= 0.6 is 15.9 Å². The minimum Gasteiger partial charge on any atom is -0.393 e. The standard InChI is InChI=1S/C21H26BrN3O2.CO2/c1-13-15-11-19(25(23-2)12-14(15)7-8-18(13)26)21(9-10-22)16-5-3-4-6-17(16)24-20(21)27;2-1-3/h3-6,13-15,18-19,26H,7-12H2,1H3,(H,24,27);/t13-,14+,15-,18+,19+,21+;/m1./s1. The first kappa shape index (κ1) is 22.5.